The summed E-state index contributed by atoms with van der Waals surface area (Å²) in [5.74, 6) is 0.925. The number of benzene rings is 10. The molecule has 256 valence electrons. The van der Waals surface area contributed by atoms with Crippen LogP contribution in [0.4, 0.5) is 0 Å². The Morgan fingerprint density at radius 2 is 0.836 bits per heavy atom. The zero-order chi connectivity index (χ0) is 36.3. The fourth-order valence-electron chi connectivity index (χ4n) is 8.63. The van der Waals surface area contributed by atoms with Gasteiger partial charge in [0.15, 0.2) is 0 Å². The summed E-state index contributed by atoms with van der Waals surface area (Å²) in [4.78, 5) is 5.19. The van der Waals surface area contributed by atoms with Crippen molar-refractivity contribution in [3.63, 3.8) is 0 Å². The molecule has 0 fully saturated rings. The summed E-state index contributed by atoms with van der Waals surface area (Å²) < 4.78 is 2.30. The smallest absolute Gasteiger partial charge is 0.145 e. The summed E-state index contributed by atoms with van der Waals surface area (Å²) in [5.41, 5.74) is 11.6. The molecule has 0 saturated carbocycles. The van der Waals surface area contributed by atoms with Crippen molar-refractivity contribution in [2.45, 2.75) is 0 Å². The summed E-state index contributed by atoms with van der Waals surface area (Å²) in [5, 5.41) is 10.0. The maximum absolute atomic E-state index is 5.19. The molecule has 0 aliphatic rings. The Balaban J connectivity index is 1.04. The van der Waals surface area contributed by atoms with Gasteiger partial charge in [-0.25, -0.2) is 4.98 Å². The molecule has 0 bridgehead atoms. The Labute approximate surface area is 319 Å². The van der Waals surface area contributed by atoms with E-state index in [0.717, 1.165) is 28.1 Å². The third-order valence-corrected chi connectivity index (χ3v) is 11.2. The Morgan fingerprint density at radius 1 is 0.327 bits per heavy atom. The minimum absolute atomic E-state index is 0.925. The van der Waals surface area contributed by atoms with Crippen molar-refractivity contribution in [1.82, 2.24) is 9.55 Å². The third kappa shape index (κ3) is 5.15. The van der Waals surface area contributed by atoms with Crippen molar-refractivity contribution in [3.05, 3.63) is 206 Å². The summed E-state index contributed by atoms with van der Waals surface area (Å²) in [7, 11) is 0. The molecule has 1 aromatic heterocycles. The fourth-order valence-corrected chi connectivity index (χ4v) is 8.63. The monoisotopic (exact) mass is 698 g/mol. The molecular formula is C53H34N2. The van der Waals surface area contributed by atoms with Gasteiger partial charge in [0, 0.05) is 11.3 Å². The number of hydrogen-bond donors (Lipinski definition) is 0. The minimum Gasteiger partial charge on any atom is -0.292 e. The molecule has 0 atom stereocenters. The second kappa shape index (κ2) is 12.7. The normalized spacial score (nSPS) is 11.6. The van der Waals surface area contributed by atoms with Gasteiger partial charge in [-0.15, -0.1) is 0 Å². The van der Waals surface area contributed by atoms with Gasteiger partial charge < -0.3 is 0 Å². The van der Waals surface area contributed by atoms with E-state index in [9.17, 15) is 0 Å². The quantitative estimate of drug-likeness (QED) is 0.164. The summed E-state index contributed by atoms with van der Waals surface area (Å²) >= 11 is 0. The molecule has 0 N–H and O–H groups in total. The Kier molecular flexibility index (Phi) is 7.21. The van der Waals surface area contributed by atoms with Crippen molar-refractivity contribution in [2.75, 3.05) is 0 Å². The van der Waals surface area contributed by atoms with Gasteiger partial charge in [-0.1, -0.05) is 176 Å². The zero-order valence-corrected chi connectivity index (χ0v) is 30.0. The van der Waals surface area contributed by atoms with Crippen LogP contribution in [-0.4, -0.2) is 9.55 Å². The highest BCUT2D eigenvalue weighted by Crippen LogP contribution is 2.44. The Morgan fingerprint density at radius 3 is 1.55 bits per heavy atom. The van der Waals surface area contributed by atoms with E-state index in [0.29, 0.717) is 0 Å². The maximum Gasteiger partial charge on any atom is 0.145 e. The van der Waals surface area contributed by atoms with Crippen molar-refractivity contribution in [2.24, 2.45) is 0 Å². The third-order valence-electron chi connectivity index (χ3n) is 11.2. The van der Waals surface area contributed by atoms with Gasteiger partial charge in [-0.3, -0.25) is 4.57 Å². The molecule has 11 rings (SSSR count). The van der Waals surface area contributed by atoms with E-state index < -0.39 is 0 Å². The lowest BCUT2D eigenvalue weighted by atomic mass is 9.85. The largest absolute Gasteiger partial charge is 0.292 e. The van der Waals surface area contributed by atoms with Gasteiger partial charge in [-0.05, 0) is 107 Å². The molecule has 0 aliphatic heterocycles. The second-order valence-electron chi connectivity index (χ2n) is 14.3. The van der Waals surface area contributed by atoms with Crippen LogP contribution in [0.25, 0.3) is 105 Å². The zero-order valence-electron chi connectivity index (χ0n) is 30.0. The molecule has 0 spiro atoms. The highest BCUT2D eigenvalue weighted by molar-refractivity contribution is 6.21. The first kappa shape index (κ1) is 31.3. The number of rotatable bonds is 5. The predicted molar refractivity (Wildman–Crippen MR) is 233 cm³/mol. The van der Waals surface area contributed by atoms with Gasteiger partial charge in [0.05, 0.1) is 11.0 Å². The van der Waals surface area contributed by atoms with Crippen LogP contribution in [-0.2, 0) is 0 Å². The van der Waals surface area contributed by atoms with Crippen LogP contribution in [0.5, 0.6) is 0 Å². The topological polar surface area (TPSA) is 17.8 Å². The summed E-state index contributed by atoms with van der Waals surface area (Å²) in [6.07, 6.45) is 0. The number of hydrogen-bond acceptors (Lipinski definition) is 1. The number of aromatic nitrogens is 2. The van der Waals surface area contributed by atoms with E-state index in [1.165, 1.54) is 76.5 Å². The van der Waals surface area contributed by atoms with Crippen LogP contribution in [0.15, 0.2) is 206 Å². The summed E-state index contributed by atoms with van der Waals surface area (Å²) in [6, 6.07) is 74.7. The minimum atomic E-state index is 0.925. The second-order valence-corrected chi connectivity index (χ2v) is 14.3. The standard InChI is InChI=1S/C53H34N2/c1-2-14-40-34-41(29-24-35(40)12-1)52-47-19-7-5-17-45(47)51(46-18-6-8-20-48(46)52)38-30-32-42(33-31-38)55-50-23-10-9-22-49(50)54-53(55)39-27-25-37(26-28-39)44-21-11-15-36-13-3-4-16-43(36)44/h1-34H. The molecule has 2 nitrogen and oxygen atoms in total. The van der Waals surface area contributed by atoms with Crippen LogP contribution < -0.4 is 0 Å². The molecule has 11 aromatic rings. The van der Waals surface area contributed by atoms with Crippen LogP contribution in [0.3, 0.4) is 0 Å². The first-order valence-corrected chi connectivity index (χ1v) is 18.9. The van der Waals surface area contributed by atoms with Crippen molar-refractivity contribution in [1.29, 1.82) is 0 Å². The number of nitrogens with zero attached hydrogens (tertiary/aromatic N) is 2. The van der Waals surface area contributed by atoms with Gasteiger partial charge in [0.2, 0.25) is 0 Å². The molecular weight excluding hydrogens is 665 g/mol. The van der Waals surface area contributed by atoms with Gasteiger partial charge in [0.25, 0.3) is 0 Å². The van der Waals surface area contributed by atoms with Gasteiger partial charge in [0.1, 0.15) is 5.82 Å². The Bertz CT molecular complexity index is 3180. The van der Waals surface area contributed by atoms with Gasteiger partial charge >= 0.3 is 0 Å². The lowest BCUT2D eigenvalue weighted by Gasteiger charge is -2.18. The molecule has 1 heterocycles. The van der Waals surface area contributed by atoms with Crippen LogP contribution in [0.1, 0.15) is 0 Å². The number of para-hydroxylation sites is 2. The number of fused-ring (bicyclic) bond motifs is 5. The van der Waals surface area contributed by atoms with E-state index in [-0.39, 0.29) is 0 Å². The molecule has 0 unspecified atom stereocenters. The van der Waals surface area contributed by atoms with E-state index in [1.807, 2.05) is 0 Å². The molecule has 55 heavy (non-hydrogen) atoms. The fraction of sp³-hybridized carbons (Fsp3) is 0. The van der Waals surface area contributed by atoms with Crippen molar-refractivity contribution < 1.29 is 0 Å². The van der Waals surface area contributed by atoms with E-state index in [4.69, 9.17) is 4.98 Å². The molecule has 10 aromatic carbocycles. The average Bonchev–Trinajstić information content (AvgIpc) is 3.65. The van der Waals surface area contributed by atoms with Crippen LogP contribution in [0.2, 0.25) is 0 Å². The van der Waals surface area contributed by atoms with Crippen LogP contribution in [0, 0.1) is 0 Å². The SMILES string of the molecule is c1ccc2cc(-c3c4ccccc4c(-c4ccc(-n5c(-c6ccc(-c7cccc8ccccc78)cc6)nc6ccccc65)cc4)c4ccccc34)ccc2c1. The summed E-state index contributed by atoms with van der Waals surface area (Å²) in [6.45, 7) is 0. The molecule has 0 saturated heterocycles. The molecule has 0 radical (unpaired) electrons. The number of imidazole rings is 1. The molecule has 2 heteroatoms. The van der Waals surface area contributed by atoms with Gasteiger partial charge in [-0.2, -0.15) is 0 Å². The first-order valence-electron chi connectivity index (χ1n) is 18.9. The highest BCUT2D eigenvalue weighted by atomic mass is 15.1. The van der Waals surface area contributed by atoms with E-state index in [2.05, 4.69) is 211 Å². The average molecular weight is 699 g/mol. The highest BCUT2D eigenvalue weighted by Gasteiger charge is 2.19. The van der Waals surface area contributed by atoms with E-state index in [1.54, 1.807) is 0 Å². The van der Waals surface area contributed by atoms with Crippen LogP contribution >= 0.6 is 0 Å². The first-order chi connectivity index (χ1) is 27.3. The van der Waals surface area contributed by atoms with Crippen molar-refractivity contribution >= 4 is 54.1 Å². The predicted octanol–water partition coefficient (Wildman–Crippen LogP) is 14.3. The van der Waals surface area contributed by atoms with E-state index >= 15 is 0 Å². The lowest BCUT2D eigenvalue weighted by molar-refractivity contribution is 1.10. The Hall–Kier alpha value is -7.29. The van der Waals surface area contributed by atoms with Crippen molar-refractivity contribution in [3.8, 4) is 50.5 Å². The maximum atomic E-state index is 5.19. The lowest BCUT2D eigenvalue weighted by Crippen LogP contribution is -1.98. The molecule has 0 aliphatic carbocycles. The molecule has 0 amide bonds.